The predicted molar refractivity (Wildman–Crippen MR) is 123 cm³/mol. The fourth-order valence-corrected chi connectivity index (χ4v) is 5.24. The number of nitrogens with two attached hydrogens (primary N) is 1. The number of carbonyl (C=O) groups is 1. The normalized spacial score (nSPS) is 14.8. The zero-order valence-electron chi connectivity index (χ0n) is 16.3. The molecule has 0 spiro atoms. The number of thiophene rings is 1. The summed E-state index contributed by atoms with van der Waals surface area (Å²) in [5.41, 5.74) is 9.73. The Hall–Kier alpha value is -2.14. The first-order chi connectivity index (χ1) is 14.1. The molecule has 3 aromatic rings. The Kier molecular flexibility index (Phi) is 6.34. The van der Waals surface area contributed by atoms with Crippen molar-refractivity contribution in [1.82, 2.24) is 5.32 Å². The average molecular weight is 425 g/mol. The van der Waals surface area contributed by atoms with Gasteiger partial charge in [0.05, 0.1) is 10.6 Å². The van der Waals surface area contributed by atoms with Gasteiger partial charge >= 0.3 is 0 Å². The predicted octanol–water partition coefficient (Wildman–Crippen LogP) is 6.30. The van der Waals surface area contributed by atoms with Crippen LogP contribution in [0, 0.1) is 0 Å². The van der Waals surface area contributed by atoms with Gasteiger partial charge in [0.2, 0.25) is 0 Å². The van der Waals surface area contributed by atoms with Crippen molar-refractivity contribution >= 4 is 33.7 Å². The maximum absolute atomic E-state index is 13.4. The molecule has 0 saturated heterocycles. The summed E-state index contributed by atoms with van der Waals surface area (Å²) in [6, 6.07) is 17.7. The number of anilines is 1. The molecule has 29 heavy (non-hydrogen) atoms. The Morgan fingerprint density at radius 1 is 1.03 bits per heavy atom. The molecule has 0 atom stereocenters. The molecule has 0 unspecified atom stereocenters. The molecule has 0 amide bonds. The van der Waals surface area contributed by atoms with Gasteiger partial charge in [-0.2, -0.15) is 0 Å². The number of hydrogen-bond acceptors (Lipinski definition) is 4. The average Bonchev–Trinajstić information content (AvgIpc) is 3.09. The molecular formula is C24H25ClN2OS. The molecule has 1 aliphatic carbocycles. The van der Waals surface area contributed by atoms with Crippen LogP contribution < -0.4 is 11.1 Å². The Bertz CT molecular complexity index is 976. The van der Waals surface area contributed by atoms with Gasteiger partial charge in [-0.15, -0.1) is 11.3 Å². The van der Waals surface area contributed by atoms with E-state index in [1.54, 1.807) is 24.3 Å². The van der Waals surface area contributed by atoms with Crippen molar-refractivity contribution in [3.05, 3.63) is 76.3 Å². The van der Waals surface area contributed by atoms with E-state index in [2.05, 4.69) is 17.4 Å². The van der Waals surface area contributed by atoms with Crippen molar-refractivity contribution in [3.8, 4) is 10.4 Å². The Balaban J connectivity index is 1.71. The lowest BCUT2D eigenvalue weighted by Crippen LogP contribution is -2.31. The molecule has 3 N–H and O–H groups in total. The summed E-state index contributed by atoms with van der Waals surface area (Å²) in [4.78, 5) is 14.4. The third-order valence-electron chi connectivity index (χ3n) is 5.58. The highest BCUT2D eigenvalue weighted by Crippen LogP contribution is 2.40. The van der Waals surface area contributed by atoms with Crippen LogP contribution in [-0.4, -0.2) is 11.8 Å². The van der Waals surface area contributed by atoms with Crippen LogP contribution in [0.3, 0.4) is 0 Å². The summed E-state index contributed by atoms with van der Waals surface area (Å²) in [6.45, 7) is 0.650. The molecule has 0 bridgehead atoms. The molecule has 3 nitrogen and oxygen atoms in total. The molecule has 1 heterocycles. The number of ketones is 1. The lowest BCUT2D eigenvalue weighted by atomic mass is 9.94. The van der Waals surface area contributed by atoms with Crippen LogP contribution in [0.15, 0.2) is 54.6 Å². The van der Waals surface area contributed by atoms with Gasteiger partial charge in [-0.1, -0.05) is 61.2 Å². The zero-order chi connectivity index (χ0) is 20.2. The first-order valence-corrected chi connectivity index (χ1v) is 11.3. The summed E-state index contributed by atoms with van der Waals surface area (Å²) in [5, 5.41) is 4.88. The number of hydrogen-bond donors (Lipinski definition) is 2. The van der Waals surface area contributed by atoms with E-state index in [4.69, 9.17) is 17.3 Å². The Labute approximate surface area is 180 Å². The van der Waals surface area contributed by atoms with Gasteiger partial charge < -0.3 is 11.1 Å². The number of benzene rings is 2. The lowest BCUT2D eigenvalue weighted by molar-refractivity contribution is 0.103. The SMILES string of the molecule is Nc1sc(-c2ccccc2)c(CNC2CCCCC2)c1C(=O)c1ccc(Cl)cc1. The number of nitrogen functional groups attached to an aromatic ring is 1. The third kappa shape index (κ3) is 4.55. The zero-order valence-corrected chi connectivity index (χ0v) is 17.9. The van der Waals surface area contributed by atoms with E-state index in [0.29, 0.717) is 33.7 Å². The summed E-state index contributed by atoms with van der Waals surface area (Å²) in [7, 11) is 0. The van der Waals surface area contributed by atoms with Gasteiger partial charge in [-0.05, 0) is 48.2 Å². The van der Waals surface area contributed by atoms with Gasteiger partial charge in [0, 0.05) is 28.0 Å². The number of nitrogens with one attached hydrogen (secondary N) is 1. The van der Waals surface area contributed by atoms with Gasteiger partial charge in [0.15, 0.2) is 5.78 Å². The van der Waals surface area contributed by atoms with Gasteiger partial charge in [-0.3, -0.25) is 4.79 Å². The standard InChI is InChI=1S/C24H25ClN2OS/c25-18-13-11-16(12-14-18)22(28)21-20(15-27-19-9-5-2-6-10-19)23(29-24(21)26)17-7-3-1-4-8-17/h1,3-4,7-8,11-14,19,27H,2,5-6,9-10,15,26H2. The first kappa shape index (κ1) is 20.1. The van der Waals surface area contributed by atoms with E-state index in [1.807, 2.05) is 18.2 Å². The molecule has 5 heteroatoms. The second kappa shape index (κ2) is 9.12. The van der Waals surface area contributed by atoms with E-state index in [9.17, 15) is 4.79 Å². The molecule has 0 aliphatic heterocycles. The van der Waals surface area contributed by atoms with E-state index in [0.717, 1.165) is 16.0 Å². The quantitative estimate of drug-likeness (QED) is 0.456. The molecule has 0 radical (unpaired) electrons. The fraction of sp³-hybridized carbons (Fsp3) is 0.292. The van der Waals surface area contributed by atoms with Gasteiger partial charge in [0.1, 0.15) is 0 Å². The number of carbonyl (C=O) groups excluding carboxylic acids is 1. The summed E-state index contributed by atoms with van der Waals surface area (Å²) in [5.74, 6) is -0.0435. The van der Waals surface area contributed by atoms with Crippen LogP contribution >= 0.6 is 22.9 Å². The molecule has 1 saturated carbocycles. The Morgan fingerprint density at radius 3 is 2.41 bits per heavy atom. The maximum Gasteiger partial charge on any atom is 0.196 e. The minimum Gasteiger partial charge on any atom is -0.390 e. The van der Waals surface area contributed by atoms with E-state index < -0.39 is 0 Å². The first-order valence-electron chi connectivity index (χ1n) is 10.1. The van der Waals surface area contributed by atoms with E-state index in [1.165, 1.54) is 43.4 Å². The molecule has 1 aliphatic rings. The van der Waals surface area contributed by atoms with Crippen molar-refractivity contribution in [2.24, 2.45) is 0 Å². The minimum atomic E-state index is -0.0435. The van der Waals surface area contributed by atoms with E-state index >= 15 is 0 Å². The largest absolute Gasteiger partial charge is 0.390 e. The van der Waals surface area contributed by atoms with Crippen LogP contribution in [0.4, 0.5) is 5.00 Å². The monoisotopic (exact) mass is 424 g/mol. The minimum absolute atomic E-state index is 0.0435. The van der Waals surface area contributed by atoms with Crippen LogP contribution in [-0.2, 0) is 6.54 Å². The molecule has 2 aromatic carbocycles. The van der Waals surface area contributed by atoms with E-state index in [-0.39, 0.29) is 5.78 Å². The fourth-order valence-electron chi connectivity index (χ4n) is 4.02. The molecule has 1 aromatic heterocycles. The highest BCUT2D eigenvalue weighted by Gasteiger charge is 2.25. The van der Waals surface area contributed by atoms with Gasteiger partial charge in [0.25, 0.3) is 0 Å². The van der Waals surface area contributed by atoms with Crippen molar-refractivity contribution < 1.29 is 4.79 Å². The topological polar surface area (TPSA) is 55.1 Å². The van der Waals surface area contributed by atoms with Crippen molar-refractivity contribution in [1.29, 1.82) is 0 Å². The summed E-state index contributed by atoms with van der Waals surface area (Å²) >= 11 is 7.50. The van der Waals surface area contributed by atoms with Crippen LogP contribution in [0.25, 0.3) is 10.4 Å². The number of rotatable bonds is 6. The second-order valence-electron chi connectivity index (χ2n) is 7.57. The van der Waals surface area contributed by atoms with Gasteiger partial charge in [-0.25, -0.2) is 0 Å². The van der Waals surface area contributed by atoms with Crippen LogP contribution in [0.1, 0.15) is 53.6 Å². The summed E-state index contributed by atoms with van der Waals surface area (Å²) < 4.78 is 0. The summed E-state index contributed by atoms with van der Waals surface area (Å²) in [6.07, 6.45) is 6.25. The third-order valence-corrected chi connectivity index (χ3v) is 6.94. The Morgan fingerprint density at radius 2 is 1.72 bits per heavy atom. The highest BCUT2D eigenvalue weighted by atomic mass is 35.5. The van der Waals surface area contributed by atoms with Crippen molar-refractivity contribution in [3.63, 3.8) is 0 Å². The maximum atomic E-state index is 13.4. The second-order valence-corrected chi connectivity index (χ2v) is 9.06. The molecule has 4 rings (SSSR count). The molecule has 150 valence electrons. The van der Waals surface area contributed by atoms with Crippen molar-refractivity contribution in [2.75, 3.05) is 5.73 Å². The van der Waals surface area contributed by atoms with Crippen LogP contribution in [0.5, 0.6) is 0 Å². The lowest BCUT2D eigenvalue weighted by Gasteiger charge is -2.23. The highest BCUT2D eigenvalue weighted by molar-refractivity contribution is 7.20. The molecular weight excluding hydrogens is 400 g/mol. The smallest absolute Gasteiger partial charge is 0.196 e. The molecule has 1 fully saturated rings. The van der Waals surface area contributed by atoms with Crippen LogP contribution in [0.2, 0.25) is 5.02 Å². The number of halogens is 1. The van der Waals surface area contributed by atoms with Crippen molar-refractivity contribution in [2.45, 2.75) is 44.7 Å².